The van der Waals surface area contributed by atoms with E-state index in [1.54, 1.807) is 0 Å². The third-order valence-electron chi connectivity index (χ3n) is 5.58. The lowest BCUT2D eigenvalue weighted by molar-refractivity contribution is 0.0185. The van der Waals surface area contributed by atoms with Gasteiger partial charge in [-0.3, -0.25) is 4.99 Å². The Labute approximate surface area is 180 Å². The van der Waals surface area contributed by atoms with Crippen molar-refractivity contribution in [2.75, 3.05) is 57.8 Å². The SMILES string of the molecule is CN=C(NCC1CCN(C(=O)OC(C)(C)C)CC1)N1CCN(c2ccccn2)CC1. The minimum absolute atomic E-state index is 0.199. The maximum absolute atomic E-state index is 12.2. The van der Waals surface area contributed by atoms with Gasteiger partial charge in [-0.2, -0.15) is 0 Å². The zero-order valence-electron chi connectivity index (χ0n) is 18.8. The van der Waals surface area contributed by atoms with Gasteiger partial charge in [0.05, 0.1) is 0 Å². The number of nitrogens with one attached hydrogen (secondary N) is 1. The van der Waals surface area contributed by atoms with Gasteiger partial charge in [0.1, 0.15) is 11.4 Å². The predicted octanol–water partition coefficient (Wildman–Crippen LogP) is 2.43. The lowest BCUT2D eigenvalue weighted by Crippen LogP contribution is -2.53. The molecule has 0 saturated carbocycles. The van der Waals surface area contributed by atoms with Gasteiger partial charge in [0.15, 0.2) is 5.96 Å². The highest BCUT2D eigenvalue weighted by Gasteiger charge is 2.27. The molecule has 2 aliphatic rings. The maximum atomic E-state index is 12.2. The molecule has 1 amide bonds. The second-order valence-electron chi connectivity index (χ2n) is 9.00. The van der Waals surface area contributed by atoms with Crippen LogP contribution in [-0.2, 0) is 4.74 Å². The van der Waals surface area contributed by atoms with E-state index in [-0.39, 0.29) is 6.09 Å². The van der Waals surface area contributed by atoms with Gasteiger partial charge in [-0.25, -0.2) is 9.78 Å². The summed E-state index contributed by atoms with van der Waals surface area (Å²) in [6, 6.07) is 6.04. The largest absolute Gasteiger partial charge is 0.444 e. The summed E-state index contributed by atoms with van der Waals surface area (Å²) in [6.07, 6.45) is 3.61. The topological polar surface area (TPSA) is 73.3 Å². The van der Waals surface area contributed by atoms with E-state index in [1.165, 1.54) is 0 Å². The van der Waals surface area contributed by atoms with E-state index < -0.39 is 5.60 Å². The smallest absolute Gasteiger partial charge is 0.410 e. The third-order valence-corrected chi connectivity index (χ3v) is 5.58. The number of pyridine rings is 1. The molecule has 2 fully saturated rings. The zero-order chi connectivity index (χ0) is 21.6. The summed E-state index contributed by atoms with van der Waals surface area (Å²) >= 11 is 0. The van der Waals surface area contributed by atoms with Gasteiger partial charge in [-0.1, -0.05) is 6.07 Å². The van der Waals surface area contributed by atoms with Crippen LogP contribution in [0.2, 0.25) is 0 Å². The maximum Gasteiger partial charge on any atom is 0.410 e. The van der Waals surface area contributed by atoms with Gasteiger partial charge in [-0.15, -0.1) is 0 Å². The minimum Gasteiger partial charge on any atom is -0.444 e. The number of hydrogen-bond donors (Lipinski definition) is 1. The molecular weight excluding hydrogens is 380 g/mol. The normalized spacial score (nSPS) is 19.1. The molecule has 3 rings (SSSR count). The summed E-state index contributed by atoms with van der Waals surface area (Å²) < 4.78 is 5.49. The van der Waals surface area contributed by atoms with Gasteiger partial charge in [0.25, 0.3) is 0 Å². The number of guanidine groups is 1. The van der Waals surface area contributed by atoms with E-state index in [1.807, 2.05) is 51.0 Å². The predicted molar refractivity (Wildman–Crippen MR) is 120 cm³/mol. The molecule has 0 aliphatic carbocycles. The van der Waals surface area contributed by atoms with E-state index in [0.717, 1.165) is 70.4 Å². The number of aliphatic imine (C=N–C) groups is 1. The Morgan fingerprint density at radius 2 is 1.83 bits per heavy atom. The number of carbonyl (C=O) groups excluding carboxylic acids is 1. The molecule has 3 heterocycles. The molecule has 2 saturated heterocycles. The van der Waals surface area contributed by atoms with Crippen molar-refractivity contribution < 1.29 is 9.53 Å². The van der Waals surface area contributed by atoms with E-state index in [9.17, 15) is 4.79 Å². The first-order valence-electron chi connectivity index (χ1n) is 11.0. The second kappa shape index (κ2) is 10.00. The van der Waals surface area contributed by atoms with Gasteiger partial charge in [-0.05, 0) is 51.7 Å². The standard InChI is InChI=1S/C22H36N6O2/c1-22(2,3)30-21(29)28-11-8-18(9-12-28)17-25-20(23-4)27-15-13-26(14-16-27)19-7-5-6-10-24-19/h5-7,10,18H,8-9,11-17H2,1-4H3,(H,23,25). The number of ether oxygens (including phenoxy) is 1. The number of rotatable bonds is 3. The number of anilines is 1. The summed E-state index contributed by atoms with van der Waals surface area (Å²) in [5.74, 6) is 2.54. The van der Waals surface area contributed by atoms with Crippen molar-refractivity contribution in [3.8, 4) is 0 Å². The van der Waals surface area contributed by atoms with Crippen LogP contribution in [0.3, 0.4) is 0 Å². The van der Waals surface area contributed by atoms with E-state index >= 15 is 0 Å². The lowest BCUT2D eigenvalue weighted by Gasteiger charge is -2.38. The molecular formula is C22H36N6O2. The highest BCUT2D eigenvalue weighted by atomic mass is 16.6. The van der Waals surface area contributed by atoms with Gasteiger partial charge < -0.3 is 24.8 Å². The first kappa shape index (κ1) is 22.2. The lowest BCUT2D eigenvalue weighted by atomic mass is 9.97. The van der Waals surface area contributed by atoms with Gasteiger partial charge in [0.2, 0.25) is 0 Å². The van der Waals surface area contributed by atoms with Crippen LogP contribution >= 0.6 is 0 Å². The number of hydrogen-bond acceptors (Lipinski definition) is 5. The van der Waals surface area contributed by atoms with E-state index in [4.69, 9.17) is 4.74 Å². The second-order valence-corrected chi connectivity index (χ2v) is 9.00. The Bertz CT molecular complexity index is 702. The molecule has 0 unspecified atom stereocenters. The number of nitrogens with zero attached hydrogens (tertiary/aromatic N) is 5. The van der Waals surface area contributed by atoms with Crippen LogP contribution in [0.25, 0.3) is 0 Å². The van der Waals surface area contributed by atoms with Crippen molar-refractivity contribution >= 4 is 17.9 Å². The van der Waals surface area contributed by atoms with Crippen LogP contribution in [0, 0.1) is 5.92 Å². The van der Waals surface area contributed by atoms with Crippen LogP contribution in [0.5, 0.6) is 0 Å². The molecule has 8 nitrogen and oxygen atoms in total. The van der Waals surface area contributed by atoms with Crippen molar-refractivity contribution in [2.24, 2.45) is 10.9 Å². The van der Waals surface area contributed by atoms with Crippen LogP contribution in [-0.4, -0.2) is 85.3 Å². The molecule has 1 aromatic rings. The summed E-state index contributed by atoms with van der Waals surface area (Å²) in [4.78, 5) is 27.6. The molecule has 30 heavy (non-hydrogen) atoms. The van der Waals surface area contributed by atoms with E-state index in [0.29, 0.717) is 5.92 Å². The average molecular weight is 417 g/mol. The Morgan fingerprint density at radius 1 is 1.13 bits per heavy atom. The highest BCUT2D eigenvalue weighted by molar-refractivity contribution is 5.80. The fraction of sp³-hybridized carbons (Fsp3) is 0.682. The Hall–Kier alpha value is -2.51. The molecule has 0 spiro atoms. The van der Waals surface area contributed by atoms with Crippen LogP contribution in [0.4, 0.5) is 10.6 Å². The number of amides is 1. The molecule has 166 valence electrons. The van der Waals surface area contributed by atoms with Gasteiger partial charge in [0, 0.05) is 59.1 Å². The molecule has 0 atom stereocenters. The monoisotopic (exact) mass is 416 g/mol. The van der Waals surface area contributed by atoms with Crippen molar-refractivity contribution in [1.29, 1.82) is 0 Å². The summed E-state index contributed by atoms with van der Waals surface area (Å²) in [6.45, 7) is 11.8. The number of likely N-dealkylation sites (tertiary alicyclic amines) is 1. The van der Waals surface area contributed by atoms with Crippen molar-refractivity contribution in [3.05, 3.63) is 24.4 Å². The number of carbonyl (C=O) groups is 1. The third kappa shape index (κ3) is 6.24. The van der Waals surface area contributed by atoms with Crippen LogP contribution in [0.1, 0.15) is 33.6 Å². The Morgan fingerprint density at radius 3 is 2.40 bits per heavy atom. The van der Waals surface area contributed by atoms with Crippen LogP contribution < -0.4 is 10.2 Å². The van der Waals surface area contributed by atoms with Crippen LogP contribution in [0.15, 0.2) is 29.4 Å². The molecule has 8 heteroatoms. The van der Waals surface area contributed by atoms with Gasteiger partial charge >= 0.3 is 6.09 Å². The van der Waals surface area contributed by atoms with Crippen molar-refractivity contribution in [1.82, 2.24) is 20.1 Å². The first-order chi connectivity index (χ1) is 14.4. The molecule has 1 aromatic heterocycles. The fourth-order valence-corrected chi connectivity index (χ4v) is 3.90. The summed E-state index contributed by atoms with van der Waals surface area (Å²) in [7, 11) is 1.85. The number of aromatic nitrogens is 1. The zero-order valence-corrected chi connectivity index (χ0v) is 18.8. The van der Waals surface area contributed by atoms with Crippen molar-refractivity contribution in [2.45, 2.75) is 39.2 Å². The Kier molecular flexibility index (Phi) is 7.39. The minimum atomic E-state index is -0.442. The molecule has 0 bridgehead atoms. The quantitative estimate of drug-likeness (QED) is 0.603. The molecule has 0 aromatic carbocycles. The number of piperazine rings is 1. The highest BCUT2D eigenvalue weighted by Crippen LogP contribution is 2.19. The molecule has 0 radical (unpaired) electrons. The molecule has 2 aliphatic heterocycles. The summed E-state index contributed by atoms with van der Waals surface area (Å²) in [5, 5.41) is 3.55. The Balaban J connectivity index is 1.40. The average Bonchev–Trinajstić information content (AvgIpc) is 2.74. The summed E-state index contributed by atoms with van der Waals surface area (Å²) in [5.41, 5.74) is -0.442. The first-order valence-corrected chi connectivity index (χ1v) is 11.0. The molecule has 1 N–H and O–H groups in total. The van der Waals surface area contributed by atoms with Crippen molar-refractivity contribution in [3.63, 3.8) is 0 Å². The fourth-order valence-electron chi connectivity index (χ4n) is 3.90. The number of piperidine rings is 1. The van der Waals surface area contributed by atoms with E-state index in [2.05, 4.69) is 31.2 Å².